The maximum Gasteiger partial charge on any atom is 0.251 e. The van der Waals surface area contributed by atoms with E-state index in [2.05, 4.69) is 10.6 Å². The molecule has 25 heavy (non-hydrogen) atoms. The third kappa shape index (κ3) is 6.08. The number of hydrogen-bond donors (Lipinski definition) is 2. The Balaban J connectivity index is 1.97. The van der Waals surface area contributed by atoms with Crippen molar-refractivity contribution < 1.29 is 14.3 Å². The van der Waals surface area contributed by atoms with E-state index in [-0.39, 0.29) is 5.91 Å². The fraction of sp³-hybridized carbons (Fsp3) is 0.632. The number of benzene rings is 1. The lowest BCUT2D eigenvalue weighted by Gasteiger charge is -2.22. The third-order valence-electron chi connectivity index (χ3n) is 4.26. The van der Waals surface area contributed by atoms with Crippen LogP contribution in [0.4, 0.5) is 0 Å². The number of hydrogen-bond acceptors (Lipinski definition) is 4. The minimum Gasteiger partial charge on any atom is -0.490 e. The van der Waals surface area contributed by atoms with Crippen molar-refractivity contribution in [2.24, 2.45) is 5.92 Å². The van der Waals surface area contributed by atoms with Crippen molar-refractivity contribution in [1.29, 1.82) is 0 Å². The zero-order chi connectivity index (χ0) is 18.1. The molecular formula is C19H29ClN2O3. The molecule has 1 aliphatic heterocycles. The van der Waals surface area contributed by atoms with Gasteiger partial charge in [-0.1, -0.05) is 18.5 Å². The van der Waals surface area contributed by atoms with E-state index in [1.54, 1.807) is 12.1 Å². The summed E-state index contributed by atoms with van der Waals surface area (Å²) in [7, 11) is 0. The molecule has 1 saturated heterocycles. The molecule has 1 unspecified atom stereocenters. The van der Waals surface area contributed by atoms with Crippen molar-refractivity contribution in [3.05, 3.63) is 22.7 Å². The second kappa shape index (κ2) is 10.5. The highest BCUT2D eigenvalue weighted by molar-refractivity contribution is 6.32. The molecule has 0 spiro atoms. The summed E-state index contributed by atoms with van der Waals surface area (Å²) in [6, 6.07) is 3.35. The Morgan fingerprint density at radius 2 is 2.20 bits per heavy atom. The largest absolute Gasteiger partial charge is 0.490 e. The highest BCUT2D eigenvalue weighted by Gasteiger charge is 2.17. The summed E-state index contributed by atoms with van der Waals surface area (Å²) in [6.07, 6.45) is 4.31. The standard InChI is InChI=1S/C19H29ClN2O3/c1-3-10-25-18-16(20)11-15(12-17(18)24-4-2)19(23)22-9-7-14-6-5-8-21-13-14/h11-12,14,21H,3-10,13H2,1-2H3,(H,22,23). The SMILES string of the molecule is CCCOc1c(Cl)cc(C(=O)NCCC2CCCNC2)cc1OCC. The van der Waals surface area contributed by atoms with Crippen LogP contribution < -0.4 is 20.1 Å². The van der Waals surface area contributed by atoms with Crippen LogP contribution in [-0.4, -0.2) is 38.8 Å². The monoisotopic (exact) mass is 368 g/mol. The highest BCUT2D eigenvalue weighted by Crippen LogP contribution is 2.36. The number of ether oxygens (including phenoxy) is 2. The van der Waals surface area contributed by atoms with E-state index in [0.717, 1.165) is 25.9 Å². The summed E-state index contributed by atoms with van der Waals surface area (Å²) in [4.78, 5) is 12.4. The molecule has 1 atom stereocenters. The first-order valence-corrected chi connectivity index (χ1v) is 9.61. The van der Waals surface area contributed by atoms with Crippen molar-refractivity contribution in [2.75, 3.05) is 32.8 Å². The van der Waals surface area contributed by atoms with Crippen molar-refractivity contribution >= 4 is 17.5 Å². The molecule has 2 N–H and O–H groups in total. The maximum absolute atomic E-state index is 12.4. The van der Waals surface area contributed by atoms with Crippen molar-refractivity contribution in [3.8, 4) is 11.5 Å². The van der Waals surface area contributed by atoms with Gasteiger partial charge in [-0.2, -0.15) is 0 Å². The molecule has 0 radical (unpaired) electrons. The van der Waals surface area contributed by atoms with E-state index in [1.807, 2.05) is 13.8 Å². The molecule has 0 bridgehead atoms. The van der Waals surface area contributed by atoms with Gasteiger partial charge in [-0.05, 0) is 63.7 Å². The minimum absolute atomic E-state index is 0.131. The molecule has 2 rings (SSSR count). The van der Waals surface area contributed by atoms with Gasteiger partial charge in [-0.15, -0.1) is 0 Å². The van der Waals surface area contributed by atoms with Gasteiger partial charge in [0.15, 0.2) is 11.5 Å². The van der Waals surface area contributed by atoms with Crippen LogP contribution in [0.15, 0.2) is 12.1 Å². The van der Waals surface area contributed by atoms with Crippen LogP contribution in [0.3, 0.4) is 0 Å². The molecular weight excluding hydrogens is 340 g/mol. The van der Waals surface area contributed by atoms with E-state index in [4.69, 9.17) is 21.1 Å². The van der Waals surface area contributed by atoms with Gasteiger partial charge in [0, 0.05) is 12.1 Å². The summed E-state index contributed by atoms with van der Waals surface area (Å²) in [5, 5.41) is 6.78. The highest BCUT2D eigenvalue weighted by atomic mass is 35.5. The summed E-state index contributed by atoms with van der Waals surface area (Å²) < 4.78 is 11.3. The molecule has 0 aromatic heterocycles. The molecule has 1 fully saturated rings. The van der Waals surface area contributed by atoms with Gasteiger partial charge < -0.3 is 20.1 Å². The van der Waals surface area contributed by atoms with Crippen LogP contribution in [0.2, 0.25) is 5.02 Å². The molecule has 1 amide bonds. The summed E-state index contributed by atoms with van der Waals surface area (Å²) in [5.74, 6) is 1.54. The van der Waals surface area contributed by atoms with Crippen LogP contribution in [0.5, 0.6) is 11.5 Å². The Morgan fingerprint density at radius 1 is 1.36 bits per heavy atom. The van der Waals surface area contributed by atoms with E-state index < -0.39 is 0 Å². The van der Waals surface area contributed by atoms with Crippen molar-refractivity contribution in [1.82, 2.24) is 10.6 Å². The van der Waals surface area contributed by atoms with Gasteiger partial charge in [0.25, 0.3) is 5.91 Å². The predicted octanol–water partition coefficient (Wildman–Crippen LogP) is 3.65. The molecule has 0 saturated carbocycles. The van der Waals surface area contributed by atoms with Crippen LogP contribution >= 0.6 is 11.6 Å². The predicted molar refractivity (Wildman–Crippen MR) is 101 cm³/mol. The lowest BCUT2D eigenvalue weighted by Crippen LogP contribution is -2.33. The Morgan fingerprint density at radius 3 is 2.88 bits per heavy atom. The fourth-order valence-electron chi connectivity index (χ4n) is 2.97. The number of piperidine rings is 1. The Bertz CT molecular complexity index is 560. The lowest BCUT2D eigenvalue weighted by molar-refractivity contribution is 0.0950. The zero-order valence-electron chi connectivity index (χ0n) is 15.2. The van der Waals surface area contributed by atoms with E-state index in [0.29, 0.717) is 47.8 Å². The minimum atomic E-state index is -0.131. The van der Waals surface area contributed by atoms with E-state index >= 15 is 0 Å². The number of carbonyl (C=O) groups is 1. The number of rotatable bonds is 9. The Labute approximate surface area is 155 Å². The van der Waals surface area contributed by atoms with Crippen molar-refractivity contribution in [3.63, 3.8) is 0 Å². The number of carbonyl (C=O) groups excluding carboxylic acids is 1. The van der Waals surface area contributed by atoms with E-state index in [9.17, 15) is 4.79 Å². The van der Waals surface area contributed by atoms with E-state index in [1.165, 1.54) is 12.8 Å². The third-order valence-corrected chi connectivity index (χ3v) is 4.54. The maximum atomic E-state index is 12.4. The van der Waals surface area contributed by atoms with Gasteiger partial charge in [-0.3, -0.25) is 4.79 Å². The van der Waals surface area contributed by atoms with Gasteiger partial charge in [0.2, 0.25) is 0 Å². The Hall–Kier alpha value is -1.46. The second-order valence-corrected chi connectivity index (χ2v) is 6.73. The average Bonchev–Trinajstić information content (AvgIpc) is 2.62. The van der Waals surface area contributed by atoms with Crippen LogP contribution in [0.1, 0.15) is 49.9 Å². The quantitative estimate of drug-likeness (QED) is 0.698. The molecule has 6 heteroatoms. The molecule has 1 heterocycles. The summed E-state index contributed by atoms with van der Waals surface area (Å²) >= 11 is 6.31. The molecule has 5 nitrogen and oxygen atoms in total. The normalized spacial score (nSPS) is 17.2. The first-order valence-electron chi connectivity index (χ1n) is 9.23. The molecule has 140 valence electrons. The Kier molecular flexibility index (Phi) is 8.35. The average molecular weight is 369 g/mol. The first-order chi connectivity index (χ1) is 12.2. The van der Waals surface area contributed by atoms with Gasteiger partial charge in [0.05, 0.1) is 18.2 Å². The fourth-order valence-corrected chi connectivity index (χ4v) is 3.23. The second-order valence-electron chi connectivity index (χ2n) is 6.32. The van der Waals surface area contributed by atoms with Crippen LogP contribution in [-0.2, 0) is 0 Å². The van der Waals surface area contributed by atoms with Gasteiger partial charge in [0.1, 0.15) is 0 Å². The number of halogens is 1. The molecule has 1 aliphatic rings. The summed E-state index contributed by atoms with van der Waals surface area (Å²) in [5.41, 5.74) is 0.499. The van der Waals surface area contributed by atoms with Gasteiger partial charge >= 0.3 is 0 Å². The molecule has 1 aromatic rings. The van der Waals surface area contributed by atoms with Crippen molar-refractivity contribution in [2.45, 2.75) is 39.5 Å². The number of amides is 1. The van der Waals surface area contributed by atoms with Gasteiger partial charge in [-0.25, -0.2) is 0 Å². The zero-order valence-corrected chi connectivity index (χ0v) is 16.0. The smallest absolute Gasteiger partial charge is 0.251 e. The molecule has 0 aliphatic carbocycles. The van der Waals surface area contributed by atoms with Crippen LogP contribution in [0.25, 0.3) is 0 Å². The lowest BCUT2D eigenvalue weighted by atomic mass is 9.96. The molecule has 1 aromatic carbocycles. The topological polar surface area (TPSA) is 59.6 Å². The van der Waals surface area contributed by atoms with Crippen LogP contribution in [0, 0.1) is 5.92 Å². The first kappa shape index (κ1) is 19.9. The number of nitrogens with one attached hydrogen (secondary N) is 2. The summed E-state index contributed by atoms with van der Waals surface area (Å²) in [6.45, 7) is 7.77.